The minimum atomic E-state index is -1.38. The van der Waals surface area contributed by atoms with Gasteiger partial charge in [-0.2, -0.15) is 0 Å². The summed E-state index contributed by atoms with van der Waals surface area (Å²) in [5.41, 5.74) is 0. The van der Waals surface area contributed by atoms with E-state index in [1.54, 1.807) is 11.2 Å². The van der Waals surface area contributed by atoms with Crippen LogP contribution in [0.1, 0.15) is 122 Å². The summed E-state index contributed by atoms with van der Waals surface area (Å²) in [4.78, 5) is 83.8. The average Bonchev–Trinajstić information content (AvgIpc) is 3.19. The maximum absolute atomic E-state index is 12.9. The predicted octanol–water partition coefficient (Wildman–Crippen LogP) is 2.92. The van der Waals surface area contributed by atoms with E-state index in [0.29, 0.717) is 45.5 Å². The molecule has 1 rings (SSSR count). The highest BCUT2D eigenvalue weighted by Gasteiger charge is 2.31. The van der Waals surface area contributed by atoms with Crippen molar-refractivity contribution in [2.45, 2.75) is 128 Å². The van der Waals surface area contributed by atoms with E-state index in [1.165, 1.54) is 51.4 Å². The van der Waals surface area contributed by atoms with Crippen molar-refractivity contribution < 1.29 is 62.7 Å². The van der Waals surface area contributed by atoms with Gasteiger partial charge in [-0.1, -0.05) is 77.0 Å². The smallest absolute Gasteiger partial charge is 0.326 e. The number of hydrogen-bond acceptors (Lipinski definition) is 11. The summed E-state index contributed by atoms with van der Waals surface area (Å²) < 4.78 is 20.7. The maximum atomic E-state index is 12.9. The Morgan fingerprint density at radius 2 is 1.09 bits per heavy atom. The van der Waals surface area contributed by atoms with Crippen molar-refractivity contribution in [3.8, 4) is 0 Å². The maximum Gasteiger partial charge on any atom is 0.326 e. The zero-order chi connectivity index (χ0) is 41.8. The zero-order valence-corrected chi connectivity index (χ0v) is 33.9. The first-order chi connectivity index (χ1) is 27.6. The molecule has 327 valence electrons. The van der Waals surface area contributed by atoms with E-state index in [9.17, 15) is 38.7 Å². The third kappa shape index (κ3) is 30.1. The molecule has 0 aromatic heterocycles. The minimum Gasteiger partial charge on any atom is -0.481 e. The third-order valence-electron chi connectivity index (χ3n) is 9.53. The molecule has 1 atom stereocenters. The summed E-state index contributed by atoms with van der Waals surface area (Å²) in [6.45, 7) is 2.31. The number of likely N-dealkylation sites (tertiary alicyclic amines) is 1. The molecule has 1 saturated heterocycles. The van der Waals surface area contributed by atoms with Gasteiger partial charge in [0.2, 0.25) is 29.9 Å². The van der Waals surface area contributed by atoms with E-state index in [4.69, 9.17) is 24.1 Å². The van der Waals surface area contributed by atoms with Crippen LogP contribution >= 0.6 is 0 Å². The number of carbonyl (C=O) groups is 6. The van der Waals surface area contributed by atoms with Crippen molar-refractivity contribution >= 4 is 41.9 Å². The second-order valence-electron chi connectivity index (χ2n) is 14.3. The SMILES string of the molecule is O=[C]COCCOCCNC(=O)COCCOCCNC(=O)C[C@@H](NC(=O)C1CCN(C(=O)CCCCCCCCCCCCCCCCC(=O)O)CC1)C(=O)O. The third-order valence-corrected chi connectivity index (χ3v) is 9.53. The quantitative estimate of drug-likeness (QED) is 0.0565. The Kier molecular flexibility index (Phi) is 32.0. The van der Waals surface area contributed by atoms with Gasteiger partial charge in [-0.25, -0.2) is 4.79 Å². The molecule has 0 aliphatic carbocycles. The molecule has 4 amide bonds. The Hall–Kier alpha value is -3.67. The standard InChI is InChI=1S/C40H69N4O13/c45-23-26-56-28-27-54-25-20-42-36(47)32-57-30-29-55-24-19-41-35(46)31-34(40(52)53)43-39(51)33-17-21-44(22-18-33)37(48)15-13-11-9-7-5-3-1-2-4-6-8-10-12-14-16-38(49)50/h33-34H,1-22,24-32H2,(H,41,46)(H,42,47)(H,43,51)(H,49,50)(H,52,53)/t34-/m1/s1. The molecule has 1 fully saturated rings. The lowest BCUT2D eigenvalue weighted by atomic mass is 9.95. The number of rotatable bonds is 38. The fraction of sp³-hybridized carbons (Fsp3) is 0.825. The Labute approximate surface area is 338 Å². The van der Waals surface area contributed by atoms with E-state index in [1.807, 2.05) is 0 Å². The normalized spacial score (nSPS) is 13.5. The van der Waals surface area contributed by atoms with Gasteiger partial charge in [0.25, 0.3) is 0 Å². The molecule has 17 nitrogen and oxygen atoms in total. The number of nitrogens with zero attached hydrogens (tertiary/aromatic N) is 1. The van der Waals surface area contributed by atoms with Gasteiger partial charge < -0.3 is 50.0 Å². The summed E-state index contributed by atoms with van der Waals surface area (Å²) in [5, 5.41) is 26.0. The van der Waals surface area contributed by atoms with Crippen LogP contribution in [0.25, 0.3) is 0 Å². The number of hydrogen-bond donors (Lipinski definition) is 5. The summed E-state index contributed by atoms with van der Waals surface area (Å²) in [6.07, 6.45) is 18.5. The summed E-state index contributed by atoms with van der Waals surface area (Å²) >= 11 is 0. The van der Waals surface area contributed by atoms with Gasteiger partial charge in [-0.3, -0.25) is 28.8 Å². The first-order valence-corrected chi connectivity index (χ1v) is 20.9. The fourth-order valence-electron chi connectivity index (χ4n) is 6.26. The minimum absolute atomic E-state index is 0.0870. The van der Waals surface area contributed by atoms with E-state index < -0.39 is 42.1 Å². The lowest BCUT2D eigenvalue weighted by Crippen LogP contribution is -2.49. The summed E-state index contributed by atoms with van der Waals surface area (Å²) in [6, 6.07) is -1.38. The molecule has 1 radical (unpaired) electrons. The molecule has 0 bridgehead atoms. The highest BCUT2D eigenvalue weighted by atomic mass is 16.5. The predicted molar refractivity (Wildman–Crippen MR) is 210 cm³/mol. The second kappa shape index (κ2) is 35.5. The van der Waals surface area contributed by atoms with Crippen LogP contribution in [0.3, 0.4) is 0 Å². The van der Waals surface area contributed by atoms with Gasteiger partial charge in [0.1, 0.15) is 19.3 Å². The number of aliphatic carboxylic acids is 2. The number of unbranched alkanes of at least 4 members (excludes halogenated alkanes) is 13. The van der Waals surface area contributed by atoms with Crippen LogP contribution in [0.15, 0.2) is 0 Å². The van der Waals surface area contributed by atoms with Gasteiger partial charge in [0.05, 0.1) is 46.1 Å². The molecular formula is C40H69N4O13. The number of carboxylic acid groups (broad SMARTS) is 2. The Morgan fingerprint density at radius 1 is 0.614 bits per heavy atom. The van der Waals surface area contributed by atoms with Gasteiger partial charge in [0.15, 0.2) is 0 Å². The lowest BCUT2D eigenvalue weighted by molar-refractivity contribution is -0.144. The van der Waals surface area contributed by atoms with E-state index in [-0.39, 0.29) is 71.0 Å². The molecule has 0 aromatic rings. The molecule has 5 N–H and O–H groups in total. The molecule has 1 aliphatic rings. The number of carboxylic acids is 2. The van der Waals surface area contributed by atoms with Gasteiger partial charge >= 0.3 is 11.9 Å². The second-order valence-corrected chi connectivity index (χ2v) is 14.3. The van der Waals surface area contributed by atoms with Crippen molar-refractivity contribution in [3.63, 3.8) is 0 Å². The first-order valence-electron chi connectivity index (χ1n) is 20.9. The van der Waals surface area contributed by atoms with Gasteiger partial charge in [0, 0.05) is 44.9 Å². The number of carbonyl (C=O) groups excluding carboxylic acids is 5. The molecule has 0 aromatic carbocycles. The Morgan fingerprint density at radius 3 is 1.60 bits per heavy atom. The molecular weight excluding hydrogens is 744 g/mol. The summed E-state index contributed by atoms with van der Waals surface area (Å²) in [5.74, 6) is -3.68. The highest BCUT2D eigenvalue weighted by Crippen LogP contribution is 2.20. The molecule has 0 unspecified atom stereocenters. The first kappa shape index (κ1) is 51.3. The fourth-order valence-corrected chi connectivity index (χ4v) is 6.26. The number of piperidine rings is 1. The van der Waals surface area contributed by atoms with Crippen LogP contribution in [0, 0.1) is 5.92 Å². The van der Waals surface area contributed by atoms with Crippen molar-refractivity contribution in [1.82, 2.24) is 20.9 Å². The van der Waals surface area contributed by atoms with Crippen molar-refractivity contribution in [1.29, 1.82) is 0 Å². The van der Waals surface area contributed by atoms with Gasteiger partial charge in [-0.15, -0.1) is 0 Å². The van der Waals surface area contributed by atoms with Crippen LogP contribution in [-0.2, 0) is 52.5 Å². The number of nitrogens with one attached hydrogen (secondary N) is 3. The largest absolute Gasteiger partial charge is 0.481 e. The van der Waals surface area contributed by atoms with Crippen LogP contribution in [-0.4, -0.2) is 142 Å². The van der Waals surface area contributed by atoms with Crippen LogP contribution in [0.2, 0.25) is 0 Å². The van der Waals surface area contributed by atoms with Gasteiger partial charge in [-0.05, 0) is 25.7 Å². The number of amides is 4. The zero-order valence-electron chi connectivity index (χ0n) is 33.9. The molecule has 0 spiro atoms. The molecule has 1 aliphatic heterocycles. The van der Waals surface area contributed by atoms with Crippen molar-refractivity contribution in [3.05, 3.63) is 0 Å². The lowest BCUT2D eigenvalue weighted by Gasteiger charge is -2.32. The number of ether oxygens (including phenoxy) is 4. The van der Waals surface area contributed by atoms with Crippen molar-refractivity contribution in [2.75, 3.05) is 79.0 Å². The molecule has 1 heterocycles. The van der Waals surface area contributed by atoms with E-state index >= 15 is 0 Å². The summed E-state index contributed by atoms with van der Waals surface area (Å²) in [7, 11) is 0. The van der Waals surface area contributed by atoms with Crippen molar-refractivity contribution in [2.24, 2.45) is 5.92 Å². The molecule has 57 heavy (non-hydrogen) atoms. The average molecular weight is 814 g/mol. The Balaban J connectivity index is 2.05. The van der Waals surface area contributed by atoms with E-state index in [2.05, 4.69) is 16.0 Å². The monoisotopic (exact) mass is 813 g/mol. The molecule has 0 saturated carbocycles. The Bertz CT molecular complexity index is 1130. The highest BCUT2D eigenvalue weighted by molar-refractivity contribution is 5.89. The topological polar surface area (TPSA) is 236 Å². The van der Waals surface area contributed by atoms with Crippen LogP contribution < -0.4 is 16.0 Å². The van der Waals surface area contributed by atoms with Crippen LogP contribution in [0.5, 0.6) is 0 Å². The van der Waals surface area contributed by atoms with Crippen LogP contribution in [0.4, 0.5) is 0 Å². The van der Waals surface area contributed by atoms with E-state index in [0.717, 1.165) is 38.5 Å². The molecule has 17 heteroatoms.